The maximum Gasteiger partial charge on any atom is 0.385 e. The molecule has 44 heavy (non-hydrogen) atoms. The molecule has 2 aromatic carbocycles. The molecule has 0 radical (unpaired) electrons. The summed E-state index contributed by atoms with van der Waals surface area (Å²) in [4.78, 5) is 31.6. The zero-order chi connectivity index (χ0) is 32.0. The van der Waals surface area contributed by atoms with Gasteiger partial charge in [0.15, 0.2) is 0 Å². The smallest absolute Gasteiger partial charge is 0.385 e. The van der Waals surface area contributed by atoms with Crippen molar-refractivity contribution in [1.82, 2.24) is 9.80 Å². The number of benzene rings is 2. The van der Waals surface area contributed by atoms with Crippen LogP contribution in [0, 0.1) is 18.3 Å². The molecule has 8 nitrogen and oxygen atoms in total. The van der Waals surface area contributed by atoms with Crippen LogP contribution in [0.2, 0.25) is 0 Å². The Morgan fingerprint density at radius 3 is 2.27 bits per heavy atom. The van der Waals surface area contributed by atoms with Crippen LogP contribution in [0.5, 0.6) is 5.75 Å². The van der Waals surface area contributed by atoms with Gasteiger partial charge in [-0.3, -0.25) is 14.5 Å². The topological polar surface area (TPSA) is 76.3 Å². The van der Waals surface area contributed by atoms with Crippen LogP contribution in [0.25, 0.3) is 0 Å². The van der Waals surface area contributed by atoms with Crippen molar-refractivity contribution in [3.8, 4) is 5.75 Å². The molecular weight excluding hydrogens is 566 g/mol. The molecule has 3 fully saturated rings. The van der Waals surface area contributed by atoms with Crippen molar-refractivity contribution in [3.05, 3.63) is 53.6 Å². The standard InChI is InChI=1S/C34H46F2N4O4/c1-23(2)44-28-9-7-8-27(21-28)40-33(43,34(40,35)36)31(42)39-18-14-32(4,15-19-39)22-25-12-16-38(17-13-25)26-10-11-29(24(3)20-26)30(41)37(5)6/h7-11,20-21,23,25,43H,12-19,22H2,1-6H3/t33-,40?/m0/s1. The third-order valence-corrected chi connectivity index (χ3v) is 9.59. The quantitative estimate of drug-likeness (QED) is 0.313. The number of nitrogens with zero attached hydrogens (tertiary/aromatic N) is 4. The number of hydrogen-bond donors (Lipinski definition) is 1. The van der Waals surface area contributed by atoms with E-state index in [0.717, 1.165) is 49.2 Å². The van der Waals surface area contributed by atoms with Gasteiger partial charge < -0.3 is 24.5 Å². The number of alkyl halides is 2. The molecule has 5 rings (SSSR count). The average Bonchev–Trinajstić information content (AvgIpc) is 3.44. The van der Waals surface area contributed by atoms with Gasteiger partial charge in [0.05, 0.1) is 6.10 Å². The van der Waals surface area contributed by atoms with Gasteiger partial charge in [0.2, 0.25) is 0 Å². The first-order valence-corrected chi connectivity index (χ1v) is 15.7. The summed E-state index contributed by atoms with van der Waals surface area (Å²) in [5.41, 5.74) is -0.00159. The molecule has 2 amide bonds. The van der Waals surface area contributed by atoms with Gasteiger partial charge in [0.1, 0.15) is 5.75 Å². The predicted octanol–water partition coefficient (Wildman–Crippen LogP) is 5.52. The monoisotopic (exact) mass is 612 g/mol. The Morgan fingerprint density at radius 1 is 1.02 bits per heavy atom. The Labute approximate surface area is 259 Å². The van der Waals surface area contributed by atoms with Gasteiger partial charge in [-0.1, -0.05) is 13.0 Å². The van der Waals surface area contributed by atoms with Gasteiger partial charge in [0, 0.05) is 63.3 Å². The van der Waals surface area contributed by atoms with E-state index in [4.69, 9.17) is 4.74 Å². The number of carbonyl (C=O) groups excluding carboxylic acids is 2. The van der Waals surface area contributed by atoms with Crippen molar-refractivity contribution in [2.75, 3.05) is 50.1 Å². The number of hydrogen-bond acceptors (Lipinski definition) is 6. The molecule has 10 heteroatoms. The molecule has 3 saturated heterocycles. The first-order chi connectivity index (χ1) is 20.7. The number of likely N-dealkylation sites (tertiary alicyclic amines) is 1. The summed E-state index contributed by atoms with van der Waals surface area (Å²) in [6.07, 6.45) is 4.40. The Bertz CT molecular complexity index is 1380. The average molecular weight is 613 g/mol. The van der Waals surface area contributed by atoms with E-state index >= 15 is 8.78 Å². The van der Waals surface area contributed by atoms with Crippen LogP contribution in [-0.2, 0) is 4.79 Å². The highest BCUT2D eigenvalue weighted by molar-refractivity contribution is 5.96. The fraction of sp³-hybridized carbons (Fsp3) is 0.588. The van der Waals surface area contributed by atoms with Crippen LogP contribution in [0.15, 0.2) is 42.5 Å². The third kappa shape index (κ3) is 5.97. The second-order valence-corrected chi connectivity index (χ2v) is 13.6. The Balaban J connectivity index is 1.14. The van der Waals surface area contributed by atoms with Gasteiger partial charge in [0.25, 0.3) is 11.8 Å². The lowest BCUT2D eigenvalue weighted by molar-refractivity contribution is -0.151. The normalized spacial score (nSPS) is 23.1. The third-order valence-electron chi connectivity index (χ3n) is 9.59. The van der Waals surface area contributed by atoms with E-state index in [2.05, 4.69) is 17.9 Å². The molecule has 0 aliphatic carbocycles. The van der Waals surface area contributed by atoms with Gasteiger partial charge in [-0.25, -0.2) is 0 Å². The number of anilines is 2. The predicted molar refractivity (Wildman–Crippen MR) is 167 cm³/mol. The van der Waals surface area contributed by atoms with E-state index in [1.807, 2.05) is 32.9 Å². The number of carbonyl (C=O) groups is 2. The van der Waals surface area contributed by atoms with Crippen molar-refractivity contribution >= 4 is 23.2 Å². The Morgan fingerprint density at radius 2 is 1.68 bits per heavy atom. The number of aliphatic hydroxyl groups is 1. The molecule has 0 bridgehead atoms. The highest BCUT2D eigenvalue weighted by Gasteiger charge is 2.85. The number of amides is 2. The minimum absolute atomic E-state index is 0.00524. The summed E-state index contributed by atoms with van der Waals surface area (Å²) in [6, 6.07) is 8.47. The molecule has 1 atom stereocenters. The summed E-state index contributed by atoms with van der Waals surface area (Å²) in [5, 5.41) is 11.0. The van der Waals surface area contributed by atoms with E-state index < -0.39 is 17.7 Å². The molecule has 0 spiro atoms. The van der Waals surface area contributed by atoms with Crippen molar-refractivity contribution in [1.29, 1.82) is 0 Å². The zero-order valence-electron chi connectivity index (χ0n) is 26.8. The lowest BCUT2D eigenvalue weighted by Gasteiger charge is -2.43. The first-order valence-electron chi connectivity index (χ1n) is 15.7. The lowest BCUT2D eigenvalue weighted by Crippen LogP contribution is -2.50. The summed E-state index contributed by atoms with van der Waals surface area (Å²) in [6.45, 7) is 10.4. The minimum Gasteiger partial charge on any atom is -0.491 e. The van der Waals surface area contributed by atoms with Crippen molar-refractivity contribution < 1.29 is 28.2 Å². The second kappa shape index (κ2) is 11.8. The van der Waals surface area contributed by atoms with Crippen LogP contribution < -0.4 is 14.5 Å². The van der Waals surface area contributed by atoms with E-state index in [9.17, 15) is 14.7 Å². The molecule has 2 aromatic rings. The highest BCUT2D eigenvalue weighted by atomic mass is 19.3. The maximum atomic E-state index is 15.0. The minimum atomic E-state index is -3.70. The van der Waals surface area contributed by atoms with E-state index in [-0.39, 0.29) is 23.1 Å². The summed E-state index contributed by atoms with van der Waals surface area (Å²) in [7, 11) is 3.52. The Hall–Kier alpha value is -3.40. The van der Waals surface area contributed by atoms with E-state index in [1.54, 1.807) is 31.1 Å². The highest BCUT2D eigenvalue weighted by Crippen LogP contribution is 2.57. The molecule has 0 aromatic heterocycles. The largest absolute Gasteiger partial charge is 0.491 e. The zero-order valence-corrected chi connectivity index (χ0v) is 26.8. The molecule has 240 valence electrons. The lowest BCUT2D eigenvalue weighted by atomic mass is 9.71. The van der Waals surface area contributed by atoms with E-state index in [0.29, 0.717) is 42.5 Å². The van der Waals surface area contributed by atoms with Crippen molar-refractivity contribution in [2.45, 2.75) is 77.7 Å². The molecule has 3 aliphatic rings. The van der Waals surface area contributed by atoms with Gasteiger partial charge in [-0.15, -0.1) is 0 Å². The second-order valence-electron chi connectivity index (χ2n) is 13.6. The van der Waals surface area contributed by atoms with Gasteiger partial charge in [-0.05, 0) is 100 Å². The summed E-state index contributed by atoms with van der Waals surface area (Å²) in [5.74, 6) is 0.00995. The van der Waals surface area contributed by atoms with Gasteiger partial charge >= 0.3 is 11.8 Å². The number of rotatable bonds is 8. The molecule has 3 aliphatic heterocycles. The first kappa shape index (κ1) is 32.0. The van der Waals surface area contributed by atoms with Crippen LogP contribution >= 0.6 is 0 Å². The fourth-order valence-electron chi connectivity index (χ4n) is 6.93. The van der Waals surface area contributed by atoms with Crippen LogP contribution in [0.4, 0.5) is 20.2 Å². The molecule has 0 unspecified atom stereocenters. The van der Waals surface area contributed by atoms with Crippen molar-refractivity contribution in [3.63, 3.8) is 0 Å². The summed E-state index contributed by atoms with van der Waals surface area (Å²) >= 11 is 0. The van der Waals surface area contributed by atoms with Crippen LogP contribution in [0.1, 0.15) is 68.8 Å². The summed E-state index contributed by atoms with van der Waals surface area (Å²) < 4.78 is 35.7. The molecule has 0 saturated carbocycles. The number of ether oxygens (including phenoxy) is 1. The van der Waals surface area contributed by atoms with Crippen molar-refractivity contribution in [2.24, 2.45) is 11.3 Å². The molecule has 1 N–H and O–H groups in total. The van der Waals surface area contributed by atoms with Gasteiger partial charge in [-0.2, -0.15) is 8.78 Å². The number of piperidine rings is 2. The van der Waals surface area contributed by atoms with E-state index in [1.165, 1.54) is 17.0 Å². The Kier molecular flexibility index (Phi) is 8.61. The molecular formula is C34H46F2N4O4. The number of halogens is 2. The fourth-order valence-corrected chi connectivity index (χ4v) is 6.93. The molecule has 3 heterocycles. The number of aryl methyl sites for hydroxylation is 1. The van der Waals surface area contributed by atoms with Crippen LogP contribution in [0.3, 0.4) is 0 Å². The maximum absolute atomic E-state index is 15.0. The SMILES string of the molecule is Cc1cc(N2CCC(CC3(C)CCN(C(=O)[C@@]4(O)N(c5cccc(OC(C)C)c5)C4(F)F)CC3)CC2)ccc1C(=O)N(C)C. The van der Waals surface area contributed by atoms with Crippen LogP contribution in [-0.4, -0.2) is 84.9 Å².